The Kier molecular flexibility index (Phi) is 6.87. The molecule has 2 rings (SSSR count). The third-order valence-electron chi connectivity index (χ3n) is 4.34. The van der Waals surface area contributed by atoms with Gasteiger partial charge in [-0.05, 0) is 57.1 Å². The minimum absolute atomic E-state index is 0.0597. The lowest BCUT2D eigenvalue weighted by molar-refractivity contribution is -0.120. The molecule has 2 N–H and O–H groups in total. The van der Waals surface area contributed by atoms with Gasteiger partial charge in [0.15, 0.2) is 0 Å². The van der Waals surface area contributed by atoms with Gasteiger partial charge in [-0.15, -0.1) is 0 Å². The van der Waals surface area contributed by atoms with Crippen molar-refractivity contribution in [3.63, 3.8) is 0 Å². The maximum atomic E-state index is 12.5. The highest BCUT2D eigenvalue weighted by Crippen LogP contribution is 2.15. The Hall–Kier alpha value is -1.39. The fourth-order valence-electron chi connectivity index (χ4n) is 2.92. The normalized spacial score (nSPS) is 17.7. The number of hydrogen-bond acceptors (Lipinski definition) is 3. The molecule has 4 heteroatoms. The van der Waals surface area contributed by atoms with Crippen molar-refractivity contribution in [2.24, 2.45) is 0 Å². The lowest BCUT2D eigenvalue weighted by Crippen LogP contribution is -2.42. The molecule has 1 amide bonds. The summed E-state index contributed by atoms with van der Waals surface area (Å²) < 4.78 is 0. The standard InChI is InChI=1S/C18H29N3O/c1-3-19-14-16-9-8-10-17(13-16)20-18(22)15(2)21-11-6-4-5-7-12-21/h8-10,13,15,19H,3-7,11-12,14H2,1-2H3,(H,20,22). The van der Waals surface area contributed by atoms with Crippen LogP contribution in [0.2, 0.25) is 0 Å². The molecule has 1 saturated heterocycles. The first-order valence-corrected chi connectivity index (χ1v) is 8.55. The summed E-state index contributed by atoms with van der Waals surface area (Å²) in [5.74, 6) is 0.0995. The van der Waals surface area contributed by atoms with Gasteiger partial charge in [0.2, 0.25) is 5.91 Å². The highest BCUT2D eigenvalue weighted by atomic mass is 16.2. The Labute approximate surface area is 134 Å². The lowest BCUT2D eigenvalue weighted by Gasteiger charge is -2.26. The highest BCUT2D eigenvalue weighted by molar-refractivity contribution is 5.94. The summed E-state index contributed by atoms with van der Waals surface area (Å²) in [7, 11) is 0. The molecule has 0 saturated carbocycles. The monoisotopic (exact) mass is 303 g/mol. The van der Waals surface area contributed by atoms with Gasteiger partial charge in [0, 0.05) is 12.2 Å². The molecule has 1 aromatic rings. The molecule has 0 spiro atoms. The van der Waals surface area contributed by atoms with Crippen LogP contribution in [-0.4, -0.2) is 36.5 Å². The van der Waals surface area contributed by atoms with Crippen LogP contribution in [0.3, 0.4) is 0 Å². The van der Waals surface area contributed by atoms with E-state index in [9.17, 15) is 4.79 Å². The molecule has 1 aromatic carbocycles. The van der Waals surface area contributed by atoms with Gasteiger partial charge in [-0.3, -0.25) is 9.69 Å². The topological polar surface area (TPSA) is 44.4 Å². The van der Waals surface area contributed by atoms with E-state index in [-0.39, 0.29) is 11.9 Å². The maximum Gasteiger partial charge on any atom is 0.241 e. The number of benzene rings is 1. The van der Waals surface area contributed by atoms with Crippen molar-refractivity contribution in [1.82, 2.24) is 10.2 Å². The molecule has 0 bridgehead atoms. The third-order valence-corrected chi connectivity index (χ3v) is 4.34. The number of nitrogens with zero attached hydrogens (tertiary/aromatic N) is 1. The van der Waals surface area contributed by atoms with Crippen LogP contribution >= 0.6 is 0 Å². The predicted octanol–water partition coefficient (Wildman–Crippen LogP) is 3.00. The Morgan fingerprint density at radius 2 is 1.95 bits per heavy atom. The van der Waals surface area contributed by atoms with Gasteiger partial charge in [0.25, 0.3) is 0 Å². The van der Waals surface area contributed by atoms with E-state index in [1.165, 1.54) is 31.2 Å². The molecule has 22 heavy (non-hydrogen) atoms. The summed E-state index contributed by atoms with van der Waals surface area (Å²) in [5.41, 5.74) is 2.09. The van der Waals surface area contributed by atoms with E-state index in [1.54, 1.807) is 0 Å². The molecule has 1 fully saturated rings. The van der Waals surface area contributed by atoms with Crippen LogP contribution in [-0.2, 0) is 11.3 Å². The average molecular weight is 303 g/mol. The molecule has 1 heterocycles. The second kappa shape index (κ2) is 8.91. The Balaban J connectivity index is 1.92. The molecular formula is C18H29N3O. The zero-order valence-corrected chi connectivity index (χ0v) is 13.9. The van der Waals surface area contributed by atoms with E-state index < -0.39 is 0 Å². The quantitative estimate of drug-likeness (QED) is 0.849. The van der Waals surface area contributed by atoms with Gasteiger partial charge in [0.05, 0.1) is 6.04 Å². The van der Waals surface area contributed by atoms with E-state index in [4.69, 9.17) is 0 Å². The van der Waals surface area contributed by atoms with Gasteiger partial charge < -0.3 is 10.6 Å². The minimum Gasteiger partial charge on any atom is -0.325 e. The van der Waals surface area contributed by atoms with Gasteiger partial charge in [0.1, 0.15) is 0 Å². The predicted molar refractivity (Wildman–Crippen MR) is 92.0 cm³/mol. The van der Waals surface area contributed by atoms with E-state index >= 15 is 0 Å². The largest absolute Gasteiger partial charge is 0.325 e. The molecule has 0 radical (unpaired) electrons. The zero-order chi connectivity index (χ0) is 15.8. The van der Waals surface area contributed by atoms with E-state index in [0.29, 0.717) is 0 Å². The fourth-order valence-corrected chi connectivity index (χ4v) is 2.92. The summed E-state index contributed by atoms with van der Waals surface area (Å²) in [5, 5.41) is 6.37. The molecule has 122 valence electrons. The summed E-state index contributed by atoms with van der Waals surface area (Å²) in [6, 6.07) is 8.03. The van der Waals surface area contributed by atoms with Gasteiger partial charge in [-0.2, -0.15) is 0 Å². The number of likely N-dealkylation sites (tertiary alicyclic amines) is 1. The Bertz CT molecular complexity index is 467. The number of nitrogens with one attached hydrogen (secondary N) is 2. The van der Waals surface area contributed by atoms with Crippen LogP contribution in [0.5, 0.6) is 0 Å². The Morgan fingerprint density at radius 1 is 1.23 bits per heavy atom. The van der Waals surface area contributed by atoms with Crippen molar-refractivity contribution < 1.29 is 4.79 Å². The van der Waals surface area contributed by atoms with Crippen molar-refractivity contribution >= 4 is 11.6 Å². The van der Waals surface area contributed by atoms with Gasteiger partial charge >= 0.3 is 0 Å². The van der Waals surface area contributed by atoms with Crippen molar-refractivity contribution in [3.8, 4) is 0 Å². The fraction of sp³-hybridized carbons (Fsp3) is 0.611. The number of anilines is 1. The van der Waals surface area contributed by atoms with E-state index in [0.717, 1.165) is 31.9 Å². The Morgan fingerprint density at radius 3 is 2.64 bits per heavy atom. The van der Waals surface area contributed by atoms with Crippen LogP contribution in [0.4, 0.5) is 5.69 Å². The number of amides is 1. The molecule has 0 aromatic heterocycles. The van der Waals surface area contributed by atoms with E-state index in [1.807, 2.05) is 19.1 Å². The van der Waals surface area contributed by atoms with Crippen LogP contribution in [0.15, 0.2) is 24.3 Å². The molecule has 0 aliphatic carbocycles. The van der Waals surface area contributed by atoms with Crippen LogP contribution < -0.4 is 10.6 Å². The molecule has 1 unspecified atom stereocenters. The summed E-state index contributed by atoms with van der Waals surface area (Å²) in [6.07, 6.45) is 4.99. The van der Waals surface area contributed by atoms with Crippen LogP contribution in [0.25, 0.3) is 0 Å². The van der Waals surface area contributed by atoms with Crippen LogP contribution in [0, 0.1) is 0 Å². The van der Waals surface area contributed by atoms with Gasteiger partial charge in [-0.1, -0.05) is 31.9 Å². The van der Waals surface area contributed by atoms with Gasteiger partial charge in [-0.25, -0.2) is 0 Å². The SMILES string of the molecule is CCNCc1cccc(NC(=O)C(C)N2CCCCCC2)c1. The van der Waals surface area contributed by atoms with Crippen molar-refractivity contribution in [3.05, 3.63) is 29.8 Å². The first-order valence-electron chi connectivity index (χ1n) is 8.55. The van der Waals surface area contributed by atoms with Crippen molar-refractivity contribution in [1.29, 1.82) is 0 Å². The van der Waals surface area contributed by atoms with E-state index in [2.05, 4.69) is 34.6 Å². The second-order valence-corrected chi connectivity index (χ2v) is 6.10. The number of hydrogen-bond donors (Lipinski definition) is 2. The second-order valence-electron chi connectivity index (χ2n) is 6.10. The van der Waals surface area contributed by atoms with Crippen LogP contribution in [0.1, 0.15) is 45.1 Å². The summed E-state index contributed by atoms with van der Waals surface area (Å²) in [6.45, 7) is 7.96. The first-order chi connectivity index (χ1) is 10.7. The summed E-state index contributed by atoms with van der Waals surface area (Å²) >= 11 is 0. The molecule has 1 aliphatic rings. The lowest BCUT2D eigenvalue weighted by atomic mass is 10.2. The third kappa shape index (κ3) is 5.11. The summed E-state index contributed by atoms with van der Waals surface area (Å²) in [4.78, 5) is 14.8. The average Bonchev–Trinajstić information content (AvgIpc) is 2.81. The van der Waals surface area contributed by atoms with Crippen molar-refractivity contribution in [2.75, 3.05) is 25.0 Å². The highest BCUT2D eigenvalue weighted by Gasteiger charge is 2.22. The number of rotatable bonds is 6. The number of carbonyl (C=O) groups excluding carboxylic acids is 1. The van der Waals surface area contributed by atoms with Crippen molar-refractivity contribution in [2.45, 2.75) is 52.1 Å². The smallest absolute Gasteiger partial charge is 0.241 e. The minimum atomic E-state index is -0.0597. The first kappa shape index (κ1) is 17.0. The molecular weight excluding hydrogens is 274 g/mol. The number of carbonyl (C=O) groups is 1. The zero-order valence-electron chi connectivity index (χ0n) is 13.9. The molecule has 4 nitrogen and oxygen atoms in total. The molecule has 1 atom stereocenters. The maximum absolute atomic E-state index is 12.5. The molecule has 1 aliphatic heterocycles.